The zero-order valence-electron chi connectivity index (χ0n) is 13.5. The Bertz CT molecular complexity index is 431. The molecule has 2 atom stereocenters. The Morgan fingerprint density at radius 1 is 1.55 bits per heavy atom. The Morgan fingerprint density at radius 3 is 3.14 bits per heavy atom. The first-order valence-electron chi connectivity index (χ1n) is 7.97. The Kier molecular flexibility index (Phi) is 7.70. The van der Waals surface area contributed by atoms with Crippen molar-refractivity contribution in [2.45, 2.75) is 31.8 Å². The third kappa shape index (κ3) is 5.94. The van der Waals surface area contributed by atoms with Gasteiger partial charge in [-0.1, -0.05) is 13.0 Å². The molecule has 1 fully saturated rings. The molecule has 2 heterocycles. The standard InChI is InChI=1S/C16H27N3O2S/c1-13(15-5-3-10-22-15)11-19-16(17-2)18-7-4-8-21-14-6-9-20-12-14/h3,5,10,13-14H,4,6-9,11-12H2,1-2H3,(H2,17,18,19). The molecule has 22 heavy (non-hydrogen) atoms. The Labute approximate surface area is 137 Å². The molecule has 0 aliphatic carbocycles. The second kappa shape index (κ2) is 9.82. The molecule has 2 N–H and O–H groups in total. The van der Waals surface area contributed by atoms with E-state index in [2.05, 4.69) is 40.1 Å². The van der Waals surface area contributed by atoms with Crippen molar-refractivity contribution in [3.63, 3.8) is 0 Å². The minimum atomic E-state index is 0.295. The number of ether oxygens (including phenoxy) is 2. The molecule has 5 nitrogen and oxygen atoms in total. The lowest BCUT2D eigenvalue weighted by Crippen LogP contribution is -2.39. The topological polar surface area (TPSA) is 54.9 Å². The molecule has 0 amide bonds. The average molecular weight is 325 g/mol. The van der Waals surface area contributed by atoms with E-state index in [1.54, 1.807) is 18.4 Å². The number of rotatable bonds is 8. The average Bonchev–Trinajstić information content (AvgIpc) is 3.22. The minimum Gasteiger partial charge on any atom is -0.379 e. The predicted octanol–water partition coefficient (Wildman–Crippen LogP) is 2.21. The maximum absolute atomic E-state index is 5.74. The zero-order chi connectivity index (χ0) is 15.6. The summed E-state index contributed by atoms with van der Waals surface area (Å²) in [5.74, 6) is 1.34. The fourth-order valence-corrected chi connectivity index (χ4v) is 3.10. The summed E-state index contributed by atoms with van der Waals surface area (Å²) >= 11 is 1.80. The molecule has 1 saturated heterocycles. The summed E-state index contributed by atoms with van der Waals surface area (Å²) < 4.78 is 11.0. The van der Waals surface area contributed by atoms with Crippen molar-refractivity contribution in [2.75, 3.05) is 40.0 Å². The number of thiophene rings is 1. The van der Waals surface area contributed by atoms with Crippen molar-refractivity contribution in [2.24, 2.45) is 4.99 Å². The monoisotopic (exact) mass is 325 g/mol. The van der Waals surface area contributed by atoms with Crippen LogP contribution < -0.4 is 10.6 Å². The largest absolute Gasteiger partial charge is 0.379 e. The van der Waals surface area contributed by atoms with Crippen LogP contribution in [0.3, 0.4) is 0 Å². The Morgan fingerprint density at radius 2 is 2.45 bits per heavy atom. The van der Waals surface area contributed by atoms with E-state index in [9.17, 15) is 0 Å². The Hall–Kier alpha value is -1.11. The highest BCUT2D eigenvalue weighted by molar-refractivity contribution is 7.10. The number of nitrogens with zero attached hydrogens (tertiary/aromatic N) is 1. The van der Waals surface area contributed by atoms with E-state index < -0.39 is 0 Å². The molecule has 0 saturated carbocycles. The lowest BCUT2D eigenvalue weighted by atomic mass is 10.1. The van der Waals surface area contributed by atoms with Crippen molar-refractivity contribution >= 4 is 17.3 Å². The van der Waals surface area contributed by atoms with Crippen LogP contribution in [0, 0.1) is 0 Å². The number of hydrogen-bond acceptors (Lipinski definition) is 4. The fraction of sp³-hybridized carbons (Fsp3) is 0.688. The van der Waals surface area contributed by atoms with E-state index in [-0.39, 0.29) is 0 Å². The zero-order valence-corrected chi connectivity index (χ0v) is 14.3. The van der Waals surface area contributed by atoms with Gasteiger partial charge in [0.05, 0.1) is 12.7 Å². The number of nitrogens with one attached hydrogen (secondary N) is 2. The SMILES string of the molecule is CN=C(NCCCOC1CCOC1)NCC(C)c1cccs1. The van der Waals surface area contributed by atoms with Crippen LogP contribution in [0.1, 0.15) is 30.6 Å². The molecule has 2 unspecified atom stereocenters. The van der Waals surface area contributed by atoms with Crippen LogP contribution in [0.2, 0.25) is 0 Å². The van der Waals surface area contributed by atoms with E-state index in [0.717, 1.165) is 51.7 Å². The second-order valence-electron chi connectivity index (χ2n) is 5.51. The summed E-state index contributed by atoms with van der Waals surface area (Å²) in [5, 5.41) is 8.82. The van der Waals surface area contributed by atoms with Crippen LogP contribution >= 0.6 is 11.3 Å². The predicted molar refractivity (Wildman–Crippen MR) is 91.9 cm³/mol. The lowest BCUT2D eigenvalue weighted by molar-refractivity contribution is 0.0420. The second-order valence-corrected chi connectivity index (χ2v) is 6.49. The maximum Gasteiger partial charge on any atom is 0.190 e. The maximum atomic E-state index is 5.74. The van der Waals surface area contributed by atoms with Crippen LogP contribution in [0.5, 0.6) is 0 Å². The molecule has 1 aromatic heterocycles. The van der Waals surface area contributed by atoms with Crippen molar-refractivity contribution in [3.8, 4) is 0 Å². The minimum absolute atomic E-state index is 0.295. The highest BCUT2D eigenvalue weighted by atomic mass is 32.1. The van der Waals surface area contributed by atoms with Crippen molar-refractivity contribution in [3.05, 3.63) is 22.4 Å². The van der Waals surface area contributed by atoms with Gasteiger partial charge in [-0.2, -0.15) is 0 Å². The summed E-state index contributed by atoms with van der Waals surface area (Å²) in [4.78, 5) is 5.65. The van der Waals surface area contributed by atoms with Crippen LogP contribution in [-0.2, 0) is 9.47 Å². The summed E-state index contributed by atoms with van der Waals surface area (Å²) in [6.07, 6.45) is 2.29. The summed E-state index contributed by atoms with van der Waals surface area (Å²) in [6.45, 7) is 6.32. The molecule has 0 spiro atoms. The number of guanidine groups is 1. The molecule has 1 aliphatic heterocycles. The molecule has 1 aliphatic rings. The number of aliphatic imine (C=N–C) groups is 1. The normalized spacial score (nSPS) is 20.1. The van der Waals surface area contributed by atoms with Gasteiger partial charge in [0.15, 0.2) is 5.96 Å². The van der Waals surface area contributed by atoms with E-state index in [1.165, 1.54) is 4.88 Å². The van der Waals surface area contributed by atoms with Crippen LogP contribution in [0.4, 0.5) is 0 Å². The molecular formula is C16H27N3O2S. The van der Waals surface area contributed by atoms with Gasteiger partial charge in [-0.05, 0) is 24.3 Å². The highest BCUT2D eigenvalue weighted by Crippen LogP contribution is 2.19. The van der Waals surface area contributed by atoms with Crippen molar-refractivity contribution < 1.29 is 9.47 Å². The van der Waals surface area contributed by atoms with Gasteiger partial charge < -0.3 is 20.1 Å². The van der Waals surface area contributed by atoms with Gasteiger partial charge >= 0.3 is 0 Å². The molecule has 2 rings (SSSR count). The number of hydrogen-bond donors (Lipinski definition) is 2. The van der Waals surface area contributed by atoms with Gasteiger partial charge in [-0.15, -0.1) is 11.3 Å². The van der Waals surface area contributed by atoms with Crippen molar-refractivity contribution in [1.82, 2.24) is 10.6 Å². The van der Waals surface area contributed by atoms with Crippen LogP contribution in [0.15, 0.2) is 22.5 Å². The van der Waals surface area contributed by atoms with Crippen LogP contribution in [0.25, 0.3) is 0 Å². The van der Waals surface area contributed by atoms with E-state index >= 15 is 0 Å². The molecule has 124 valence electrons. The first kappa shape index (κ1) is 17.2. The quantitative estimate of drug-likeness (QED) is 0.437. The molecule has 1 aromatic rings. The molecule has 0 aromatic carbocycles. The summed E-state index contributed by atoms with van der Waals surface area (Å²) in [7, 11) is 1.80. The third-order valence-electron chi connectivity index (χ3n) is 3.68. The van der Waals surface area contributed by atoms with Gasteiger partial charge in [-0.3, -0.25) is 4.99 Å². The fourth-order valence-electron chi connectivity index (χ4n) is 2.32. The van der Waals surface area contributed by atoms with Crippen LogP contribution in [-0.4, -0.2) is 52.0 Å². The summed E-state index contributed by atoms with van der Waals surface area (Å²) in [5.41, 5.74) is 0. The van der Waals surface area contributed by atoms with Gasteiger partial charge in [0.2, 0.25) is 0 Å². The molecule has 6 heteroatoms. The van der Waals surface area contributed by atoms with Gasteiger partial charge in [0, 0.05) is 44.1 Å². The summed E-state index contributed by atoms with van der Waals surface area (Å²) in [6, 6.07) is 4.27. The third-order valence-corrected chi connectivity index (χ3v) is 4.79. The highest BCUT2D eigenvalue weighted by Gasteiger charge is 2.15. The van der Waals surface area contributed by atoms with E-state index in [1.807, 2.05) is 0 Å². The molecule has 0 bridgehead atoms. The van der Waals surface area contributed by atoms with Gasteiger partial charge in [0.1, 0.15) is 0 Å². The van der Waals surface area contributed by atoms with Gasteiger partial charge in [-0.25, -0.2) is 0 Å². The van der Waals surface area contributed by atoms with E-state index in [0.29, 0.717) is 12.0 Å². The first-order chi connectivity index (χ1) is 10.8. The Balaban J connectivity index is 1.55. The van der Waals surface area contributed by atoms with E-state index in [4.69, 9.17) is 9.47 Å². The van der Waals surface area contributed by atoms with Gasteiger partial charge in [0.25, 0.3) is 0 Å². The smallest absolute Gasteiger partial charge is 0.190 e. The molecular weight excluding hydrogens is 298 g/mol. The first-order valence-corrected chi connectivity index (χ1v) is 8.85. The lowest BCUT2D eigenvalue weighted by Gasteiger charge is -2.15. The molecule has 0 radical (unpaired) electrons. The van der Waals surface area contributed by atoms with Crippen molar-refractivity contribution in [1.29, 1.82) is 0 Å².